The largest absolute Gasteiger partial charge is 0.477 e. The molecule has 5 heterocycles. The van der Waals surface area contributed by atoms with E-state index in [4.69, 9.17) is 0 Å². The normalized spacial score (nSPS) is 12.1. The van der Waals surface area contributed by atoms with E-state index < -0.39 is 11.9 Å². The average molecular weight is 924 g/mol. The molecule has 0 saturated carbocycles. The number of hydrogen-bond acceptors (Lipinski definition) is 8. The zero-order valence-corrected chi connectivity index (χ0v) is 39.7. The summed E-state index contributed by atoms with van der Waals surface area (Å²) in [6.07, 6.45) is 20.5. The van der Waals surface area contributed by atoms with Crippen LogP contribution in [0.25, 0.3) is 74.3 Å². The van der Waals surface area contributed by atoms with Crippen molar-refractivity contribution >= 4 is 91.2 Å². The number of nitrogens with zero attached hydrogens (tertiary/aromatic N) is 3. The lowest BCUT2D eigenvalue weighted by molar-refractivity contribution is -0.133. The van der Waals surface area contributed by atoms with Gasteiger partial charge in [0.2, 0.25) is 0 Å². The van der Waals surface area contributed by atoms with Crippen LogP contribution in [0.3, 0.4) is 0 Å². The van der Waals surface area contributed by atoms with Gasteiger partial charge in [0.1, 0.15) is 23.3 Å². The van der Waals surface area contributed by atoms with E-state index in [1.807, 2.05) is 24.3 Å². The molecule has 0 aliphatic heterocycles. The first-order chi connectivity index (χ1) is 31.2. The number of hydrogen-bond donors (Lipinski definition) is 2. The topological polar surface area (TPSA) is 127 Å². The summed E-state index contributed by atoms with van der Waals surface area (Å²) in [5.41, 5.74) is 4.26. The summed E-state index contributed by atoms with van der Waals surface area (Å²) >= 11 is 6.38. The molecule has 0 unspecified atom stereocenters. The molecule has 7 rings (SSSR count). The van der Waals surface area contributed by atoms with Gasteiger partial charge in [0.25, 0.3) is 0 Å². The fourth-order valence-electron chi connectivity index (χ4n) is 8.42. The van der Waals surface area contributed by atoms with Crippen molar-refractivity contribution in [3.05, 3.63) is 106 Å². The second-order valence-electron chi connectivity index (χ2n) is 16.3. The van der Waals surface area contributed by atoms with Gasteiger partial charge in [0.05, 0.1) is 0 Å². The Balaban J connectivity index is 1.26. The van der Waals surface area contributed by atoms with Crippen LogP contribution in [0.4, 0.5) is 0 Å². The fourth-order valence-corrected chi connectivity index (χ4v) is 12.5. The molecule has 7 nitrogen and oxygen atoms in total. The minimum Gasteiger partial charge on any atom is -0.477 e. The highest BCUT2D eigenvalue weighted by molar-refractivity contribution is 7.24. The highest BCUT2D eigenvalue weighted by Crippen LogP contribution is 2.44. The number of aliphatic carboxylic acids is 2. The van der Waals surface area contributed by atoms with E-state index in [0.717, 1.165) is 63.0 Å². The van der Waals surface area contributed by atoms with E-state index in [-0.39, 0.29) is 11.1 Å². The predicted octanol–water partition coefficient (Wildman–Crippen LogP) is 16.7. The average Bonchev–Trinajstić information content (AvgIpc) is 4.16. The molecule has 0 radical (unpaired) electrons. The van der Waals surface area contributed by atoms with Crippen molar-refractivity contribution in [1.82, 2.24) is 4.57 Å². The van der Waals surface area contributed by atoms with Gasteiger partial charge >= 0.3 is 11.9 Å². The lowest BCUT2D eigenvalue weighted by Crippen LogP contribution is -2.09. The Kier molecular flexibility index (Phi) is 16.2. The van der Waals surface area contributed by atoms with Crippen LogP contribution in [0.1, 0.15) is 120 Å². The monoisotopic (exact) mass is 923 g/mol. The Morgan fingerprint density at radius 2 is 0.906 bits per heavy atom. The molecule has 2 N–H and O–H groups in total. The highest BCUT2D eigenvalue weighted by Gasteiger charge is 2.21. The Hall–Kier alpha value is -5.56. The Bertz CT molecular complexity index is 2690. The summed E-state index contributed by atoms with van der Waals surface area (Å²) in [6.45, 7) is 4.55. The summed E-state index contributed by atoms with van der Waals surface area (Å²) in [4.78, 5) is 30.9. The number of aromatic nitrogens is 1. The number of carboxylic acids is 2. The summed E-state index contributed by atoms with van der Waals surface area (Å²) in [5, 5.41) is 39.7. The standard InChI is InChI=1S/C53H53N3O4S4/c1-3-5-7-9-11-13-15-39(16-14-12-10-8-6-4-2)56-44-21-17-35(46-25-27-50(63-46)48-23-19-40(61-48)29-37(33-54)52(57)58)31-42(44)43-32-36(18-22-45(43)56)47-26-28-51(64-47)49-24-20-41(62-49)30-38(34-55)53(59)60/h17-32,39H,3-16H2,1-2H3,(H,57,58)(H,59,60)/b37-29-,38-30-. The second-order valence-corrected chi connectivity index (χ2v) is 20.7. The predicted molar refractivity (Wildman–Crippen MR) is 270 cm³/mol. The molecule has 2 aromatic carbocycles. The molecule has 7 aromatic rings. The van der Waals surface area contributed by atoms with Crippen molar-refractivity contribution in [1.29, 1.82) is 10.5 Å². The van der Waals surface area contributed by atoms with Crippen molar-refractivity contribution in [2.45, 2.75) is 110 Å². The van der Waals surface area contributed by atoms with Gasteiger partial charge in [-0.25, -0.2) is 9.59 Å². The van der Waals surface area contributed by atoms with Gasteiger partial charge in [0.15, 0.2) is 0 Å². The molecule has 5 aromatic heterocycles. The lowest BCUT2D eigenvalue weighted by Gasteiger charge is -2.22. The second kappa shape index (κ2) is 22.4. The van der Waals surface area contributed by atoms with E-state index >= 15 is 0 Å². The van der Waals surface area contributed by atoms with E-state index in [1.165, 1.54) is 134 Å². The third kappa shape index (κ3) is 11.2. The maximum atomic E-state index is 11.5. The minimum atomic E-state index is -1.23. The third-order valence-electron chi connectivity index (χ3n) is 11.7. The van der Waals surface area contributed by atoms with Gasteiger partial charge < -0.3 is 14.8 Å². The maximum Gasteiger partial charge on any atom is 0.346 e. The summed E-state index contributed by atoms with van der Waals surface area (Å²) < 4.78 is 2.66. The van der Waals surface area contributed by atoms with Crippen LogP contribution in [0, 0.1) is 22.7 Å². The molecule has 0 bridgehead atoms. The van der Waals surface area contributed by atoms with Crippen LogP contribution in [-0.2, 0) is 9.59 Å². The molecule has 328 valence electrons. The lowest BCUT2D eigenvalue weighted by atomic mass is 9.99. The third-order valence-corrected chi connectivity index (χ3v) is 16.5. The first kappa shape index (κ1) is 46.4. The van der Waals surface area contributed by atoms with E-state index in [2.05, 4.69) is 79.1 Å². The van der Waals surface area contributed by atoms with Crippen molar-refractivity contribution in [3.8, 4) is 52.5 Å². The molecule has 0 spiro atoms. The number of fused-ring (bicyclic) bond motifs is 3. The zero-order chi connectivity index (χ0) is 45.0. The molecule has 11 heteroatoms. The van der Waals surface area contributed by atoms with E-state index in [1.54, 1.807) is 34.8 Å². The van der Waals surface area contributed by atoms with Crippen molar-refractivity contribution < 1.29 is 19.8 Å². The highest BCUT2D eigenvalue weighted by atomic mass is 32.1. The Labute approximate surface area is 391 Å². The van der Waals surface area contributed by atoms with E-state index in [0.29, 0.717) is 6.04 Å². The van der Waals surface area contributed by atoms with Gasteiger partial charge in [0, 0.05) is 66.9 Å². The summed E-state index contributed by atoms with van der Waals surface area (Å²) in [5.74, 6) is -2.46. The van der Waals surface area contributed by atoms with Crippen LogP contribution < -0.4 is 0 Å². The maximum absolute atomic E-state index is 11.5. The summed E-state index contributed by atoms with van der Waals surface area (Å²) in [6, 6.07) is 34.2. The molecule has 64 heavy (non-hydrogen) atoms. The molecule has 0 saturated heterocycles. The Morgan fingerprint density at radius 3 is 1.31 bits per heavy atom. The molecule has 0 fully saturated rings. The molecule has 0 aliphatic carbocycles. The van der Waals surface area contributed by atoms with Gasteiger partial charge in [-0.15, -0.1) is 45.3 Å². The summed E-state index contributed by atoms with van der Waals surface area (Å²) in [7, 11) is 0. The molecular formula is C53H53N3O4S4. The van der Waals surface area contributed by atoms with Crippen molar-refractivity contribution in [3.63, 3.8) is 0 Å². The number of benzene rings is 2. The molecule has 0 amide bonds. The quantitative estimate of drug-likeness (QED) is 0.0374. The van der Waals surface area contributed by atoms with Crippen LogP contribution in [-0.4, -0.2) is 26.7 Å². The van der Waals surface area contributed by atoms with Gasteiger partial charge in [-0.05, 0) is 109 Å². The van der Waals surface area contributed by atoms with Gasteiger partial charge in [-0.3, -0.25) is 0 Å². The number of carboxylic acid groups (broad SMARTS) is 2. The van der Waals surface area contributed by atoms with Crippen LogP contribution in [0.5, 0.6) is 0 Å². The van der Waals surface area contributed by atoms with Crippen LogP contribution in [0.15, 0.2) is 96.1 Å². The molecule has 0 aliphatic rings. The van der Waals surface area contributed by atoms with E-state index in [9.17, 15) is 30.3 Å². The smallest absolute Gasteiger partial charge is 0.346 e. The zero-order valence-electron chi connectivity index (χ0n) is 36.4. The van der Waals surface area contributed by atoms with Crippen LogP contribution >= 0.6 is 45.3 Å². The van der Waals surface area contributed by atoms with Gasteiger partial charge in [-0.1, -0.05) is 103 Å². The first-order valence-electron chi connectivity index (χ1n) is 22.4. The first-order valence-corrected chi connectivity index (χ1v) is 25.7. The fraction of sp³-hybridized carbons (Fsp3) is 0.321. The number of unbranched alkanes of at least 4 members (excludes halogenated alkanes) is 10. The molecule has 0 atom stereocenters. The number of thiophene rings is 4. The minimum absolute atomic E-state index is 0.281. The number of nitriles is 2. The van der Waals surface area contributed by atoms with Gasteiger partial charge in [-0.2, -0.15) is 10.5 Å². The Morgan fingerprint density at radius 1 is 0.531 bits per heavy atom. The van der Waals surface area contributed by atoms with Crippen LogP contribution in [0.2, 0.25) is 0 Å². The van der Waals surface area contributed by atoms with Crippen molar-refractivity contribution in [2.75, 3.05) is 0 Å². The van der Waals surface area contributed by atoms with Crippen molar-refractivity contribution in [2.24, 2.45) is 0 Å². The SMILES string of the molecule is CCCCCCCCC(CCCCCCCC)n1c2ccc(-c3ccc(-c4ccc(/C=C(/C#N)C(=O)O)s4)s3)cc2c2cc(-c3ccc(-c4ccc(/C=C(/C#N)C(=O)O)s4)s3)ccc21. The molecular weight excluding hydrogens is 871 g/mol. The number of rotatable bonds is 23. The number of carbonyl (C=O) groups is 2.